The van der Waals surface area contributed by atoms with Crippen molar-refractivity contribution in [1.82, 2.24) is 5.43 Å². The number of nitriles is 1. The van der Waals surface area contributed by atoms with Gasteiger partial charge in [0.25, 0.3) is 5.91 Å². The fraction of sp³-hybridized carbons (Fsp3) is 0.722. The predicted molar refractivity (Wildman–Crippen MR) is 90.3 cm³/mol. The van der Waals surface area contributed by atoms with E-state index in [9.17, 15) is 14.4 Å². The number of rotatable bonds is 11. The highest BCUT2D eigenvalue weighted by Crippen LogP contribution is 2.27. The summed E-state index contributed by atoms with van der Waals surface area (Å²) in [6.45, 7) is 13.7. The van der Waals surface area contributed by atoms with Gasteiger partial charge in [0.1, 0.15) is 5.78 Å². The molecule has 6 heteroatoms. The topological polar surface area (TPSA) is 91.4 Å². The minimum absolute atomic E-state index is 0.0926. The van der Waals surface area contributed by atoms with E-state index in [1.807, 2.05) is 6.07 Å². The van der Waals surface area contributed by atoms with Crippen molar-refractivity contribution in [3.63, 3.8) is 0 Å². The summed E-state index contributed by atoms with van der Waals surface area (Å²) in [6, 6.07) is 1.87. The van der Waals surface area contributed by atoms with Gasteiger partial charge in [-0.2, -0.15) is 16.8 Å². The van der Waals surface area contributed by atoms with E-state index in [-0.39, 0.29) is 23.9 Å². The Labute approximate surface area is 144 Å². The average molecular weight is 333 g/mol. The smallest absolute Gasteiger partial charge is 0.293 e. The number of nitrogens with one attached hydrogen (secondary N) is 1. The summed E-state index contributed by atoms with van der Waals surface area (Å²) >= 11 is 0. The Morgan fingerprint density at radius 2 is 1.54 bits per heavy atom. The Bertz CT molecular complexity index is 503. The van der Waals surface area contributed by atoms with Gasteiger partial charge in [0, 0.05) is 18.3 Å². The average Bonchev–Trinajstić information content (AvgIpc) is 2.47. The van der Waals surface area contributed by atoms with E-state index in [2.05, 4.69) is 10.4 Å². The van der Waals surface area contributed by atoms with E-state index in [4.69, 9.17) is 11.8 Å². The summed E-state index contributed by atoms with van der Waals surface area (Å²) < 4.78 is 0. The summed E-state index contributed by atoms with van der Waals surface area (Å²) in [4.78, 5) is 38.2. The number of hydrogen-bond donors (Lipinski definition) is 1. The van der Waals surface area contributed by atoms with E-state index in [1.165, 1.54) is 0 Å². The molecule has 0 aromatic rings. The zero-order valence-corrected chi connectivity index (χ0v) is 15.1. The van der Waals surface area contributed by atoms with Crippen molar-refractivity contribution < 1.29 is 14.4 Å². The van der Waals surface area contributed by atoms with Crippen LogP contribution in [0.25, 0.3) is 4.95 Å². The quantitative estimate of drug-likeness (QED) is 0.463. The standard InChI is InChI=1S/C18H27N3O3/c1-17(2,15(23)10-13-19)11-6-8-14(22)9-7-12-18(3,4)16(24)21-20-5/h6-12H2,1-4H3,(H,21,24). The fourth-order valence-electron chi connectivity index (χ4n) is 2.35. The van der Waals surface area contributed by atoms with Crippen molar-refractivity contribution in [2.75, 3.05) is 0 Å². The number of ketones is 2. The number of carbonyl (C=O) groups is 3. The predicted octanol–water partition coefficient (Wildman–Crippen LogP) is 3.38. The Balaban J connectivity index is 4.13. The van der Waals surface area contributed by atoms with Gasteiger partial charge in [-0.05, 0) is 25.7 Å². The normalized spacial score (nSPS) is 11.2. The molecule has 1 amide bonds. The van der Waals surface area contributed by atoms with Gasteiger partial charge in [-0.3, -0.25) is 14.4 Å². The van der Waals surface area contributed by atoms with Gasteiger partial charge in [0.15, 0.2) is 5.78 Å². The van der Waals surface area contributed by atoms with Gasteiger partial charge in [-0.25, -0.2) is 0 Å². The molecule has 0 aliphatic rings. The second kappa shape index (κ2) is 9.82. The minimum Gasteiger partial charge on any atom is -0.300 e. The molecule has 0 aliphatic heterocycles. The van der Waals surface area contributed by atoms with E-state index >= 15 is 0 Å². The van der Waals surface area contributed by atoms with Crippen LogP contribution in [0.4, 0.5) is 0 Å². The highest BCUT2D eigenvalue weighted by Gasteiger charge is 2.29. The SMILES string of the molecule is [C-]#[N+]NC(=O)C(C)(C)CCCC(=O)CCCC(C)(C)C(=O)CC#N. The molecule has 24 heavy (non-hydrogen) atoms. The van der Waals surface area contributed by atoms with Crippen LogP contribution < -0.4 is 5.43 Å². The second-order valence-corrected chi connectivity index (χ2v) is 7.32. The molecule has 0 spiro atoms. The molecule has 0 atom stereocenters. The molecule has 0 fully saturated rings. The lowest BCUT2D eigenvalue weighted by Crippen LogP contribution is -2.33. The molecular formula is C18H27N3O3. The zero-order valence-electron chi connectivity index (χ0n) is 15.1. The first kappa shape index (κ1) is 21.8. The summed E-state index contributed by atoms with van der Waals surface area (Å²) in [5.74, 6) is -0.312. The number of amides is 1. The molecule has 0 saturated heterocycles. The molecule has 6 nitrogen and oxygen atoms in total. The maximum atomic E-state index is 11.9. The van der Waals surface area contributed by atoms with Gasteiger partial charge < -0.3 is 0 Å². The molecule has 0 aliphatic carbocycles. The van der Waals surface area contributed by atoms with E-state index < -0.39 is 10.8 Å². The van der Waals surface area contributed by atoms with Crippen LogP contribution in [0, 0.1) is 28.7 Å². The van der Waals surface area contributed by atoms with Gasteiger partial charge >= 0.3 is 0 Å². The Kier molecular flexibility index (Phi) is 8.92. The van der Waals surface area contributed by atoms with Crippen LogP contribution in [0.1, 0.15) is 72.6 Å². The monoisotopic (exact) mass is 333 g/mol. The maximum Gasteiger partial charge on any atom is 0.293 e. The van der Waals surface area contributed by atoms with Crippen molar-refractivity contribution in [3.05, 3.63) is 11.5 Å². The summed E-state index contributed by atoms with van der Waals surface area (Å²) in [6.07, 6.45) is 3.02. The van der Waals surface area contributed by atoms with E-state index in [0.29, 0.717) is 38.5 Å². The highest BCUT2D eigenvalue weighted by molar-refractivity contribution is 5.86. The Morgan fingerprint density at radius 1 is 1.04 bits per heavy atom. The minimum atomic E-state index is -0.670. The third-order valence-electron chi connectivity index (χ3n) is 4.28. The molecule has 0 aromatic heterocycles. The summed E-state index contributed by atoms with van der Waals surface area (Å²) in [5.41, 5.74) is 0.865. The molecule has 1 N–H and O–H groups in total. The summed E-state index contributed by atoms with van der Waals surface area (Å²) in [7, 11) is 0. The number of carbonyl (C=O) groups excluding carboxylic acids is 3. The maximum absolute atomic E-state index is 11.9. The van der Waals surface area contributed by atoms with Crippen LogP contribution in [0.15, 0.2) is 0 Å². The molecule has 0 bridgehead atoms. The van der Waals surface area contributed by atoms with E-state index in [0.717, 1.165) is 0 Å². The van der Waals surface area contributed by atoms with Crippen molar-refractivity contribution in [2.24, 2.45) is 10.8 Å². The zero-order chi connectivity index (χ0) is 18.8. The van der Waals surface area contributed by atoms with Crippen molar-refractivity contribution in [3.8, 4) is 6.07 Å². The van der Waals surface area contributed by atoms with Crippen molar-refractivity contribution >= 4 is 17.5 Å². The Morgan fingerprint density at radius 3 is 2.00 bits per heavy atom. The molecule has 0 saturated carbocycles. The van der Waals surface area contributed by atoms with Crippen LogP contribution in [0.2, 0.25) is 0 Å². The molecule has 0 unspecified atom stereocenters. The highest BCUT2D eigenvalue weighted by atomic mass is 16.2. The first-order valence-electron chi connectivity index (χ1n) is 8.15. The van der Waals surface area contributed by atoms with Crippen molar-refractivity contribution in [2.45, 2.75) is 72.6 Å². The van der Waals surface area contributed by atoms with Gasteiger partial charge in [-0.15, -0.1) is 0 Å². The fourth-order valence-corrected chi connectivity index (χ4v) is 2.35. The first-order chi connectivity index (χ1) is 11.1. The molecule has 132 valence electrons. The molecule has 0 radical (unpaired) electrons. The van der Waals surface area contributed by atoms with Gasteiger partial charge in [0.05, 0.1) is 17.9 Å². The van der Waals surface area contributed by atoms with Gasteiger partial charge in [0.2, 0.25) is 0 Å². The lowest BCUT2D eigenvalue weighted by molar-refractivity contribution is -0.129. The van der Waals surface area contributed by atoms with Gasteiger partial charge in [-0.1, -0.05) is 33.1 Å². The molecule has 0 rings (SSSR count). The Hall–Kier alpha value is -2.21. The van der Waals surface area contributed by atoms with Crippen LogP contribution >= 0.6 is 0 Å². The molecular weight excluding hydrogens is 306 g/mol. The third kappa shape index (κ3) is 7.87. The van der Waals surface area contributed by atoms with Crippen LogP contribution in [0.3, 0.4) is 0 Å². The largest absolute Gasteiger partial charge is 0.300 e. The number of Topliss-reactive ketones (excluding diaryl/α,β-unsaturated/α-hetero) is 2. The number of nitrogens with zero attached hydrogens (tertiary/aromatic N) is 2. The number of hydrogen-bond acceptors (Lipinski definition) is 4. The first-order valence-corrected chi connectivity index (χ1v) is 8.15. The molecule has 0 heterocycles. The second-order valence-electron chi connectivity index (χ2n) is 7.32. The van der Waals surface area contributed by atoms with Crippen LogP contribution in [-0.2, 0) is 14.4 Å². The summed E-state index contributed by atoms with van der Waals surface area (Å²) in [5, 5.41) is 8.58. The van der Waals surface area contributed by atoms with E-state index in [1.54, 1.807) is 27.7 Å². The third-order valence-corrected chi connectivity index (χ3v) is 4.28. The van der Waals surface area contributed by atoms with Crippen LogP contribution in [0.5, 0.6) is 0 Å². The lowest BCUT2D eigenvalue weighted by atomic mass is 9.81. The van der Waals surface area contributed by atoms with Crippen LogP contribution in [-0.4, -0.2) is 17.5 Å². The molecule has 0 aromatic carbocycles. The lowest BCUT2D eigenvalue weighted by Gasteiger charge is -2.21. The van der Waals surface area contributed by atoms with Crippen molar-refractivity contribution in [1.29, 1.82) is 5.26 Å².